The van der Waals surface area contributed by atoms with Crippen LogP contribution in [0.5, 0.6) is 0 Å². The van der Waals surface area contributed by atoms with E-state index >= 15 is 0 Å². The Hall–Kier alpha value is -1.69. The molecule has 0 aliphatic rings. The third-order valence-electron chi connectivity index (χ3n) is 2.61. The maximum Gasteiger partial charge on any atom is 0.255 e. The van der Waals surface area contributed by atoms with E-state index in [4.69, 9.17) is 0 Å². The molecule has 0 radical (unpaired) electrons. The van der Waals surface area contributed by atoms with Crippen LogP contribution in [0.3, 0.4) is 0 Å². The second-order valence-corrected chi connectivity index (χ2v) is 5.08. The minimum atomic E-state index is -0.540. The SMILES string of the molecule is CC(Cn1ccnc1)NC(=O)c1c(F)cccc1Br. The zero-order chi connectivity index (χ0) is 13.8. The highest BCUT2D eigenvalue weighted by molar-refractivity contribution is 9.10. The number of hydrogen-bond donors (Lipinski definition) is 1. The van der Waals surface area contributed by atoms with Crippen molar-refractivity contribution in [1.82, 2.24) is 14.9 Å². The zero-order valence-corrected chi connectivity index (χ0v) is 11.9. The van der Waals surface area contributed by atoms with Gasteiger partial charge in [-0.3, -0.25) is 4.79 Å². The minimum Gasteiger partial charge on any atom is -0.348 e. The Morgan fingerprint density at radius 2 is 2.37 bits per heavy atom. The molecular formula is C13H13BrFN3O. The summed E-state index contributed by atoms with van der Waals surface area (Å²) >= 11 is 3.18. The largest absolute Gasteiger partial charge is 0.348 e. The van der Waals surface area contributed by atoms with E-state index in [1.54, 1.807) is 24.7 Å². The summed E-state index contributed by atoms with van der Waals surface area (Å²) in [5.41, 5.74) is 0.0278. The van der Waals surface area contributed by atoms with E-state index in [0.717, 1.165) is 0 Å². The summed E-state index contributed by atoms with van der Waals surface area (Å²) in [6.07, 6.45) is 5.14. The molecule has 100 valence electrons. The normalized spacial score (nSPS) is 12.2. The lowest BCUT2D eigenvalue weighted by Gasteiger charge is -2.15. The molecule has 1 atom stereocenters. The lowest BCUT2D eigenvalue weighted by Crippen LogP contribution is -2.36. The predicted molar refractivity (Wildman–Crippen MR) is 73.3 cm³/mol. The topological polar surface area (TPSA) is 46.9 Å². The molecule has 19 heavy (non-hydrogen) atoms. The van der Waals surface area contributed by atoms with E-state index in [-0.39, 0.29) is 11.6 Å². The lowest BCUT2D eigenvalue weighted by atomic mass is 10.2. The molecule has 1 unspecified atom stereocenters. The van der Waals surface area contributed by atoms with Crippen molar-refractivity contribution in [2.75, 3.05) is 0 Å². The van der Waals surface area contributed by atoms with Gasteiger partial charge in [0.15, 0.2) is 0 Å². The van der Waals surface area contributed by atoms with Gasteiger partial charge in [0.05, 0.1) is 11.9 Å². The summed E-state index contributed by atoms with van der Waals surface area (Å²) in [4.78, 5) is 15.9. The highest BCUT2D eigenvalue weighted by Gasteiger charge is 2.17. The fourth-order valence-electron chi connectivity index (χ4n) is 1.77. The number of carbonyl (C=O) groups is 1. The van der Waals surface area contributed by atoms with Crippen LogP contribution in [0, 0.1) is 5.82 Å². The molecule has 1 N–H and O–H groups in total. The Morgan fingerprint density at radius 1 is 1.58 bits per heavy atom. The van der Waals surface area contributed by atoms with E-state index in [0.29, 0.717) is 11.0 Å². The van der Waals surface area contributed by atoms with Crippen LogP contribution in [0.2, 0.25) is 0 Å². The molecule has 6 heteroatoms. The molecule has 4 nitrogen and oxygen atoms in total. The first-order valence-corrected chi connectivity index (χ1v) is 6.58. The zero-order valence-electron chi connectivity index (χ0n) is 10.3. The average Bonchev–Trinajstić information content (AvgIpc) is 2.81. The van der Waals surface area contributed by atoms with Crippen molar-refractivity contribution in [3.8, 4) is 0 Å². The van der Waals surface area contributed by atoms with Crippen molar-refractivity contribution >= 4 is 21.8 Å². The predicted octanol–water partition coefficient (Wildman–Crippen LogP) is 2.60. The molecule has 2 aromatic rings. The van der Waals surface area contributed by atoms with Gasteiger partial charge in [0.1, 0.15) is 5.82 Å². The molecule has 1 aromatic heterocycles. The van der Waals surface area contributed by atoms with Crippen LogP contribution in [0.4, 0.5) is 4.39 Å². The third kappa shape index (κ3) is 3.41. The first kappa shape index (κ1) is 13.7. The van der Waals surface area contributed by atoms with Gasteiger partial charge in [-0.25, -0.2) is 9.37 Å². The second kappa shape index (κ2) is 5.97. The second-order valence-electron chi connectivity index (χ2n) is 4.23. The van der Waals surface area contributed by atoms with Crippen molar-refractivity contribution in [2.24, 2.45) is 0 Å². The van der Waals surface area contributed by atoms with Gasteiger partial charge < -0.3 is 9.88 Å². The first-order valence-electron chi connectivity index (χ1n) is 5.78. The summed E-state index contributed by atoms with van der Waals surface area (Å²) in [6.45, 7) is 2.43. The Labute approximate surface area is 118 Å². The van der Waals surface area contributed by atoms with Crippen molar-refractivity contribution in [2.45, 2.75) is 19.5 Å². The Bertz CT molecular complexity index is 551. The molecule has 0 fully saturated rings. The van der Waals surface area contributed by atoms with Gasteiger partial charge in [0, 0.05) is 29.5 Å². The van der Waals surface area contributed by atoms with E-state index < -0.39 is 11.7 Å². The fourth-order valence-corrected chi connectivity index (χ4v) is 2.29. The number of imidazole rings is 1. The van der Waals surface area contributed by atoms with E-state index in [1.165, 1.54) is 6.07 Å². The highest BCUT2D eigenvalue weighted by atomic mass is 79.9. The van der Waals surface area contributed by atoms with Crippen LogP contribution in [-0.2, 0) is 6.54 Å². The Balaban J connectivity index is 2.04. The number of halogens is 2. The summed E-state index contributed by atoms with van der Waals surface area (Å²) in [7, 11) is 0. The van der Waals surface area contributed by atoms with Gasteiger partial charge >= 0.3 is 0 Å². The molecule has 1 heterocycles. The summed E-state index contributed by atoms with van der Waals surface area (Å²) in [5, 5.41) is 2.76. The van der Waals surface area contributed by atoms with Crippen LogP contribution in [0.25, 0.3) is 0 Å². The van der Waals surface area contributed by atoms with Gasteiger partial charge in [-0.1, -0.05) is 6.07 Å². The number of amides is 1. The number of hydrogen-bond acceptors (Lipinski definition) is 2. The Morgan fingerprint density at radius 3 is 3.00 bits per heavy atom. The monoisotopic (exact) mass is 325 g/mol. The number of aromatic nitrogens is 2. The molecule has 1 aromatic carbocycles. The highest BCUT2D eigenvalue weighted by Crippen LogP contribution is 2.19. The first-order chi connectivity index (χ1) is 9.08. The number of benzene rings is 1. The summed E-state index contributed by atoms with van der Waals surface area (Å²) in [6, 6.07) is 4.32. The number of rotatable bonds is 4. The van der Waals surface area contributed by atoms with Crippen LogP contribution in [-0.4, -0.2) is 21.5 Å². The maximum absolute atomic E-state index is 13.6. The standard InChI is InChI=1S/C13H13BrFN3O/c1-9(7-18-6-5-16-8-18)17-13(19)12-10(14)3-2-4-11(12)15/h2-6,8-9H,7H2,1H3,(H,17,19). The number of carbonyl (C=O) groups excluding carboxylic acids is 1. The minimum absolute atomic E-state index is 0.0278. The van der Waals surface area contributed by atoms with Crippen LogP contribution < -0.4 is 5.32 Å². The Kier molecular flexibility index (Phi) is 4.31. The third-order valence-corrected chi connectivity index (χ3v) is 3.27. The van der Waals surface area contributed by atoms with E-state index in [1.807, 2.05) is 17.7 Å². The summed E-state index contributed by atoms with van der Waals surface area (Å²) in [5.74, 6) is -0.973. The van der Waals surface area contributed by atoms with Crippen molar-refractivity contribution in [3.05, 3.63) is 52.8 Å². The summed E-state index contributed by atoms with van der Waals surface area (Å²) < 4.78 is 15.9. The van der Waals surface area contributed by atoms with Crippen LogP contribution in [0.1, 0.15) is 17.3 Å². The van der Waals surface area contributed by atoms with Crippen LogP contribution in [0.15, 0.2) is 41.4 Å². The van der Waals surface area contributed by atoms with Gasteiger partial charge in [0.2, 0.25) is 0 Å². The quantitative estimate of drug-likeness (QED) is 0.939. The van der Waals surface area contributed by atoms with Crippen LogP contribution >= 0.6 is 15.9 Å². The molecule has 0 bridgehead atoms. The molecule has 0 saturated carbocycles. The molecule has 0 spiro atoms. The van der Waals surface area contributed by atoms with E-state index in [2.05, 4.69) is 26.2 Å². The number of nitrogens with zero attached hydrogens (tertiary/aromatic N) is 2. The van der Waals surface area contributed by atoms with E-state index in [9.17, 15) is 9.18 Å². The van der Waals surface area contributed by atoms with Gasteiger partial charge in [-0.2, -0.15) is 0 Å². The molecule has 0 aliphatic carbocycles. The molecule has 0 aliphatic heterocycles. The molecule has 1 amide bonds. The molecular weight excluding hydrogens is 313 g/mol. The van der Waals surface area contributed by atoms with Crippen molar-refractivity contribution < 1.29 is 9.18 Å². The van der Waals surface area contributed by atoms with Crippen molar-refractivity contribution in [1.29, 1.82) is 0 Å². The van der Waals surface area contributed by atoms with Crippen molar-refractivity contribution in [3.63, 3.8) is 0 Å². The molecule has 2 rings (SSSR count). The fraction of sp³-hybridized carbons (Fsp3) is 0.231. The molecule has 0 saturated heterocycles. The van der Waals surface area contributed by atoms with Gasteiger partial charge in [-0.15, -0.1) is 0 Å². The lowest BCUT2D eigenvalue weighted by molar-refractivity contribution is 0.0932. The average molecular weight is 326 g/mol. The smallest absolute Gasteiger partial charge is 0.255 e. The van der Waals surface area contributed by atoms with Gasteiger partial charge in [0.25, 0.3) is 5.91 Å². The number of nitrogens with one attached hydrogen (secondary N) is 1. The van der Waals surface area contributed by atoms with Gasteiger partial charge in [-0.05, 0) is 35.0 Å². The maximum atomic E-state index is 13.6.